The van der Waals surface area contributed by atoms with E-state index in [9.17, 15) is 0 Å². The molecule has 4 heteroatoms. The maximum Gasteiger partial charge on any atom is 0.119 e. The number of hydrogen-bond donors (Lipinski definition) is 1. The Morgan fingerprint density at radius 3 is 2.03 bits per heavy atom. The Morgan fingerprint density at radius 2 is 1.35 bits per heavy atom. The van der Waals surface area contributed by atoms with Crippen molar-refractivity contribution >= 4 is 22.9 Å². The van der Waals surface area contributed by atoms with Gasteiger partial charge in [-0.15, -0.1) is 0 Å². The lowest BCUT2D eigenvalue weighted by atomic mass is 9.86. The second kappa shape index (κ2) is 16.5. The van der Waals surface area contributed by atoms with Crippen molar-refractivity contribution in [3.63, 3.8) is 0 Å². The van der Waals surface area contributed by atoms with Crippen LogP contribution in [0.2, 0.25) is 0 Å². The Hall–Kier alpha value is -1.11. The van der Waals surface area contributed by atoms with Crippen LogP contribution < -0.4 is 5.73 Å². The maximum absolute atomic E-state index is 6.34. The highest BCUT2D eigenvalue weighted by molar-refractivity contribution is 14.1. The molecule has 34 heavy (non-hydrogen) atoms. The standard InChI is InChI=1S/C30H45IN2O/c31-33-24-16-23-29(32)30(33)25-34-28-21-14-8-12-19-27(20-13-9-15-22-28)26-17-10-6-4-2-1-3-5-7-11-18-26/h8-9,12-15,19-22,26,29-30H,1-7,10-11,16-18,23-25,32H2/b12-8-,13-9?,14-8?,15-9+,19-12?,20-13-,21-14?,22-15?,27-19+,27-20?,28-21?,28-22?. The molecule has 2 atom stereocenters. The fourth-order valence-corrected chi connectivity index (χ4v) is 6.08. The van der Waals surface area contributed by atoms with Crippen LogP contribution in [0.5, 0.6) is 0 Å². The molecule has 1 saturated heterocycles. The normalized spacial score (nSPS) is 31.4. The Kier molecular flexibility index (Phi) is 13.4. The highest BCUT2D eigenvalue weighted by atomic mass is 127. The van der Waals surface area contributed by atoms with Crippen LogP contribution >= 0.6 is 22.9 Å². The van der Waals surface area contributed by atoms with Gasteiger partial charge in [-0.3, -0.25) is 0 Å². The fraction of sp³-hybridized carbons (Fsp3) is 0.600. The number of nitrogens with two attached hydrogens (primary N) is 1. The quantitative estimate of drug-likeness (QED) is 0.271. The van der Waals surface area contributed by atoms with E-state index in [1.54, 1.807) is 0 Å². The van der Waals surface area contributed by atoms with Crippen molar-refractivity contribution in [2.24, 2.45) is 11.7 Å². The molecule has 188 valence electrons. The highest BCUT2D eigenvalue weighted by Crippen LogP contribution is 2.28. The lowest BCUT2D eigenvalue weighted by molar-refractivity contribution is 0.129. The monoisotopic (exact) mass is 576 g/mol. The summed E-state index contributed by atoms with van der Waals surface area (Å²) in [5, 5.41) is 0. The number of halogens is 1. The topological polar surface area (TPSA) is 38.5 Å². The fourth-order valence-electron chi connectivity index (χ4n) is 5.17. The lowest BCUT2D eigenvalue weighted by Crippen LogP contribution is -2.50. The second-order valence-electron chi connectivity index (χ2n) is 9.99. The number of rotatable bonds is 4. The largest absolute Gasteiger partial charge is 0.492 e. The summed E-state index contributed by atoms with van der Waals surface area (Å²) in [6, 6.07) is 0.445. The van der Waals surface area contributed by atoms with E-state index in [-0.39, 0.29) is 12.1 Å². The van der Waals surface area contributed by atoms with E-state index in [0.717, 1.165) is 18.7 Å². The Balaban J connectivity index is 1.60. The van der Waals surface area contributed by atoms with Crippen molar-refractivity contribution in [1.29, 1.82) is 0 Å². The third-order valence-corrected chi connectivity index (χ3v) is 8.50. The van der Waals surface area contributed by atoms with Gasteiger partial charge in [0, 0.05) is 35.5 Å². The summed E-state index contributed by atoms with van der Waals surface area (Å²) in [5.41, 5.74) is 7.82. The minimum Gasteiger partial charge on any atom is -0.492 e. The highest BCUT2D eigenvalue weighted by Gasteiger charge is 2.28. The molecule has 2 N–H and O–H groups in total. The third kappa shape index (κ3) is 10.2. The summed E-state index contributed by atoms with van der Waals surface area (Å²) in [6.07, 6.45) is 39.1. The van der Waals surface area contributed by atoms with Gasteiger partial charge < -0.3 is 10.5 Å². The van der Waals surface area contributed by atoms with Crippen LogP contribution in [-0.2, 0) is 4.74 Å². The summed E-state index contributed by atoms with van der Waals surface area (Å²) in [7, 11) is 0. The summed E-state index contributed by atoms with van der Waals surface area (Å²) in [4.78, 5) is 0. The predicted octanol–water partition coefficient (Wildman–Crippen LogP) is 8.11. The molecule has 3 aliphatic rings. The molecule has 0 aromatic rings. The second-order valence-corrected chi connectivity index (χ2v) is 11.2. The molecule has 0 aromatic carbocycles. The van der Waals surface area contributed by atoms with Gasteiger partial charge in [-0.1, -0.05) is 106 Å². The van der Waals surface area contributed by atoms with Gasteiger partial charge in [0.25, 0.3) is 0 Å². The third-order valence-electron chi connectivity index (χ3n) is 7.30. The number of nitrogens with zero attached hydrogens (tertiary/aromatic N) is 1. The van der Waals surface area contributed by atoms with Gasteiger partial charge in [0.2, 0.25) is 0 Å². The van der Waals surface area contributed by atoms with E-state index in [4.69, 9.17) is 10.5 Å². The Labute approximate surface area is 222 Å². The SMILES string of the molecule is NC1CCCN(I)C1COC1=C/C=C/C=C\C(C2CCCCCCCCCCC2)=C/C=C\C=C1. The number of piperidine rings is 1. The van der Waals surface area contributed by atoms with Crippen molar-refractivity contribution in [3.05, 3.63) is 72.1 Å². The van der Waals surface area contributed by atoms with Crippen molar-refractivity contribution < 1.29 is 4.74 Å². The van der Waals surface area contributed by atoms with E-state index in [2.05, 4.69) is 86.7 Å². The van der Waals surface area contributed by atoms with E-state index >= 15 is 0 Å². The molecule has 2 unspecified atom stereocenters. The number of ether oxygens (including phenoxy) is 1. The minimum atomic E-state index is 0.180. The predicted molar refractivity (Wildman–Crippen MR) is 155 cm³/mol. The number of hydrogen-bond acceptors (Lipinski definition) is 3. The summed E-state index contributed by atoms with van der Waals surface area (Å²) in [5.74, 6) is 1.55. The van der Waals surface area contributed by atoms with E-state index in [0.29, 0.717) is 12.5 Å². The smallest absolute Gasteiger partial charge is 0.119 e. The molecular weight excluding hydrogens is 531 g/mol. The van der Waals surface area contributed by atoms with E-state index in [1.807, 2.05) is 0 Å². The van der Waals surface area contributed by atoms with Gasteiger partial charge in [-0.2, -0.15) is 0 Å². The summed E-state index contributed by atoms with van der Waals surface area (Å²) >= 11 is 2.39. The van der Waals surface area contributed by atoms with E-state index in [1.165, 1.54) is 82.6 Å². The van der Waals surface area contributed by atoms with Crippen LogP contribution in [0.15, 0.2) is 72.1 Å². The van der Waals surface area contributed by atoms with Gasteiger partial charge in [0.1, 0.15) is 12.4 Å². The average Bonchev–Trinajstić information content (AvgIpc) is 2.81. The zero-order valence-corrected chi connectivity index (χ0v) is 23.1. The molecule has 2 fully saturated rings. The van der Waals surface area contributed by atoms with Crippen molar-refractivity contribution in [3.8, 4) is 0 Å². The molecule has 1 heterocycles. The molecular formula is C30H45IN2O. The molecule has 0 amide bonds. The van der Waals surface area contributed by atoms with Gasteiger partial charge in [0.05, 0.1) is 6.04 Å². The Bertz CT molecular complexity index is 742. The molecule has 3 nitrogen and oxygen atoms in total. The first kappa shape index (κ1) is 27.5. The van der Waals surface area contributed by atoms with Crippen molar-refractivity contribution in [2.45, 2.75) is 95.6 Å². The summed E-state index contributed by atoms with van der Waals surface area (Å²) in [6.45, 7) is 1.71. The molecule has 1 aliphatic heterocycles. The van der Waals surface area contributed by atoms with Crippen LogP contribution in [0.1, 0.15) is 83.5 Å². The molecule has 1 saturated carbocycles. The molecule has 2 aliphatic carbocycles. The Morgan fingerprint density at radius 1 is 0.735 bits per heavy atom. The zero-order valence-electron chi connectivity index (χ0n) is 20.9. The van der Waals surface area contributed by atoms with Crippen LogP contribution in [0.25, 0.3) is 0 Å². The van der Waals surface area contributed by atoms with Crippen molar-refractivity contribution in [1.82, 2.24) is 3.11 Å². The average molecular weight is 577 g/mol. The van der Waals surface area contributed by atoms with Crippen LogP contribution in [-0.4, -0.2) is 28.3 Å². The zero-order chi connectivity index (χ0) is 23.8. The molecule has 0 aromatic heterocycles. The molecule has 0 bridgehead atoms. The molecule has 0 spiro atoms. The minimum absolute atomic E-state index is 0.180. The first-order chi connectivity index (χ1) is 16.7. The van der Waals surface area contributed by atoms with Crippen LogP contribution in [0.3, 0.4) is 0 Å². The molecule has 3 rings (SSSR count). The maximum atomic E-state index is 6.34. The van der Waals surface area contributed by atoms with Crippen LogP contribution in [0.4, 0.5) is 0 Å². The van der Waals surface area contributed by atoms with Gasteiger partial charge >= 0.3 is 0 Å². The van der Waals surface area contributed by atoms with Gasteiger partial charge in [-0.05, 0) is 49.3 Å². The lowest BCUT2D eigenvalue weighted by Gasteiger charge is -2.35. The summed E-state index contributed by atoms with van der Waals surface area (Å²) < 4.78 is 8.48. The van der Waals surface area contributed by atoms with Gasteiger partial charge in [-0.25, -0.2) is 3.11 Å². The number of allylic oxidation sites excluding steroid dienone is 11. The van der Waals surface area contributed by atoms with Crippen molar-refractivity contribution in [2.75, 3.05) is 13.2 Å². The van der Waals surface area contributed by atoms with Gasteiger partial charge in [0.15, 0.2) is 0 Å². The molecule has 0 radical (unpaired) electrons. The first-order valence-corrected chi connectivity index (χ1v) is 14.6. The van der Waals surface area contributed by atoms with E-state index < -0.39 is 0 Å². The van der Waals surface area contributed by atoms with Crippen LogP contribution in [0, 0.1) is 5.92 Å². The first-order valence-electron chi connectivity index (χ1n) is 13.6.